The minimum Gasteiger partial charge on any atom is -0.465 e. The molecule has 1 aromatic heterocycles. The number of nitrogens with one attached hydrogen (secondary N) is 1. The van der Waals surface area contributed by atoms with Crippen molar-refractivity contribution in [1.29, 1.82) is 0 Å². The summed E-state index contributed by atoms with van der Waals surface area (Å²) in [6.07, 6.45) is 1.70. The first kappa shape index (κ1) is 14.8. The van der Waals surface area contributed by atoms with Gasteiger partial charge in [0.25, 0.3) is 0 Å². The molecule has 22 heavy (non-hydrogen) atoms. The second-order valence-electron chi connectivity index (χ2n) is 5.16. The highest BCUT2D eigenvalue weighted by atomic mass is 35.5. The molecule has 114 valence electrons. The molecule has 0 bridgehead atoms. The number of aliphatic imine (C=N–C) groups is 1. The highest BCUT2D eigenvalue weighted by molar-refractivity contribution is 6.31. The molecular formula is C16H16ClN3O2. The van der Waals surface area contributed by atoms with E-state index in [4.69, 9.17) is 16.3 Å². The topological polar surface area (TPSA) is 67.3 Å². The average molecular weight is 318 g/mol. The number of carbonyl (C=O) groups is 1. The van der Waals surface area contributed by atoms with E-state index in [9.17, 15) is 4.79 Å². The number of carbonyl (C=O) groups excluding carboxylic acids is 1. The molecule has 2 heterocycles. The predicted molar refractivity (Wildman–Crippen MR) is 84.8 cm³/mol. The average Bonchev–Trinajstić information content (AvgIpc) is 2.94. The lowest BCUT2D eigenvalue weighted by atomic mass is 9.77. The van der Waals surface area contributed by atoms with E-state index < -0.39 is 5.92 Å². The number of H-pyrrole nitrogens is 1. The van der Waals surface area contributed by atoms with Gasteiger partial charge in [-0.25, -0.2) is 4.99 Å². The lowest BCUT2D eigenvalue weighted by Gasteiger charge is -2.29. The van der Waals surface area contributed by atoms with Crippen molar-refractivity contribution < 1.29 is 9.53 Å². The molecule has 2 aromatic rings. The minimum atomic E-state index is -0.495. The number of ether oxygens (including phenoxy) is 1. The summed E-state index contributed by atoms with van der Waals surface area (Å²) < 4.78 is 5.24. The Morgan fingerprint density at radius 3 is 2.86 bits per heavy atom. The molecule has 1 aromatic carbocycles. The zero-order chi connectivity index (χ0) is 15.7. The van der Waals surface area contributed by atoms with Crippen molar-refractivity contribution in [3.05, 3.63) is 46.6 Å². The molecule has 0 fully saturated rings. The summed E-state index contributed by atoms with van der Waals surface area (Å²) in [5.41, 5.74) is 2.43. The molecule has 5 nitrogen and oxygen atoms in total. The molecule has 1 N–H and O–H groups in total. The molecule has 3 rings (SSSR count). The van der Waals surface area contributed by atoms with Crippen molar-refractivity contribution in [2.45, 2.75) is 19.8 Å². The van der Waals surface area contributed by atoms with Crippen molar-refractivity contribution in [1.82, 2.24) is 10.2 Å². The van der Waals surface area contributed by atoms with E-state index in [0.717, 1.165) is 11.1 Å². The molecule has 1 aliphatic heterocycles. The van der Waals surface area contributed by atoms with E-state index in [1.54, 1.807) is 13.1 Å². The molecular weight excluding hydrogens is 302 g/mol. The molecule has 0 spiro atoms. The number of nitrogens with zero attached hydrogens (tertiary/aromatic N) is 2. The maximum absolute atomic E-state index is 12.5. The highest BCUT2D eigenvalue weighted by Gasteiger charge is 2.40. The summed E-state index contributed by atoms with van der Waals surface area (Å²) in [4.78, 5) is 16.9. The standard InChI is InChI=1S/C16H16ClN3O2/c1-3-22-16(21)13-9(2)19-15-11(8-18-20-15)14(13)10-6-4-5-7-12(10)17/h4-8,13-14H,3H2,1-2H3,(H,18,20). The second-order valence-corrected chi connectivity index (χ2v) is 5.56. The first-order valence-corrected chi connectivity index (χ1v) is 7.50. The van der Waals surface area contributed by atoms with Gasteiger partial charge in [0.1, 0.15) is 5.92 Å². The third-order valence-electron chi connectivity index (χ3n) is 3.83. The van der Waals surface area contributed by atoms with Gasteiger partial charge >= 0.3 is 5.97 Å². The Labute approximate surface area is 133 Å². The summed E-state index contributed by atoms with van der Waals surface area (Å²) in [5, 5.41) is 7.54. The number of hydrogen-bond donors (Lipinski definition) is 1. The van der Waals surface area contributed by atoms with Gasteiger partial charge in [-0.15, -0.1) is 0 Å². The predicted octanol–water partition coefficient (Wildman–Crippen LogP) is 3.48. The Morgan fingerprint density at radius 2 is 2.14 bits per heavy atom. The van der Waals surface area contributed by atoms with Crippen molar-refractivity contribution in [2.24, 2.45) is 10.9 Å². The Balaban J connectivity index is 2.15. The molecule has 0 saturated heterocycles. The van der Waals surface area contributed by atoms with Gasteiger partial charge in [0.2, 0.25) is 0 Å². The van der Waals surface area contributed by atoms with Gasteiger partial charge in [0.05, 0.1) is 12.8 Å². The zero-order valence-electron chi connectivity index (χ0n) is 12.3. The zero-order valence-corrected chi connectivity index (χ0v) is 13.1. The summed E-state index contributed by atoms with van der Waals surface area (Å²) in [6.45, 7) is 3.95. The van der Waals surface area contributed by atoms with Gasteiger partial charge in [-0.1, -0.05) is 29.8 Å². The van der Waals surface area contributed by atoms with E-state index >= 15 is 0 Å². The number of fused-ring (bicyclic) bond motifs is 1. The van der Waals surface area contributed by atoms with Crippen LogP contribution < -0.4 is 0 Å². The van der Waals surface area contributed by atoms with Gasteiger partial charge in [-0.2, -0.15) is 5.10 Å². The number of hydrogen-bond acceptors (Lipinski definition) is 4. The first-order chi connectivity index (χ1) is 10.6. The monoisotopic (exact) mass is 317 g/mol. The van der Waals surface area contributed by atoms with Gasteiger partial charge in [-0.05, 0) is 25.5 Å². The van der Waals surface area contributed by atoms with E-state index in [0.29, 0.717) is 23.2 Å². The Morgan fingerprint density at radius 1 is 1.36 bits per heavy atom. The fraction of sp³-hybridized carbons (Fsp3) is 0.312. The third-order valence-corrected chi connectivity index (χ3v) is 4.18. The van der Waals surface area contributed by atoms with Gasteiger partial charge in [-0.3, -0.25) is 9.89 Å². The van der Waals surface area contributed by atoms with Crippen molar-refractivity contribution in [3.8, 4) is 0 Å². The van der Waals surface area contributed by atoms with Gasteiger partial charge < -0.3 is 4.74 Å². The third kappa shape index (κ3) is 2.41. The molecule has 1 aliphatic rings. The molecule has 6 heteroatoms. The molecule has 2 atom stereocenters. The Kier molecular flexibility index (Phi) is 3.98. The Hall–Kier alpha value is -2.14. The number of benzene rings is 1. The fourth-order valence-corrected chi connectivity index (χ4v) is 3.14. The fourth-order valence-electron chi connectivity index (χ4n) is 2.89. The molecule has 0 aliphatic carbocycles. The maximum atomic E-state index is 12.5. The number of esters is 1. The van der Waals surface area contributed by atoms with Crippen LogP contribution in [-0.4, -0.2) is 28.5 Å². The summed E-state index contributed by atoms with van der Waals surface area (Å²) in [6, 6.07) is 7.52. The Bertz CT molecular complexity index is 738. The van der Waals surface area contributed by atoms with Crippen LogP contribution in [0.5, 0.6) is 0 Å². The molecule has 0 radical (unpaired) electrons. The summed E-state index contributed by atoms with van der Waals surface area (Å²) in [5.74, 6) is -0.368. The second kappa shape index (κ2) is 5.93. The largest absolute Gasteiger partial charge is 0.465 e. The maximum Gasteiger partial charge on any atom is 0.315 e. The van der Waals surface area contributed by atoms with E-state index in [1.807, 2.05) is 31.2 Å². The quantitative estimate of drug-likeness (QED) is 0.881. The molecule has 2 unspecified atom stereocenters. The minimum absolute atomic E-state index is 0.251. The van der Waals surface area contributed by atoms with Crippen LogP contribution in [0.15, 0.2) is 35.5 Å². The highest BCUT2D eigenvalue weighted by Crippen LogP contribution is 2.43. The van der Waals surface area contributed by atoms with Crippen molar-refractivity contribution in [2.75, 3.05) is 6.61 Å². The number of halogens is 1. The van der Waals surface area contributed by atoms with E-state index in [-0.39, 0.29) is 11.9 Å². The number of aromatic nitrogens is 2. The first-order valence-electron chi connectivity index (χ1n) is 7.13. The van der Waals surface area contributed by atoms with Crippen LogP contribution in [0, 0.1) is 5.92 Å². The normalized spacial score (nSPS) is 20.2. The van der Waals surface area contributed by atoms with Crippen LogP contribution in [0.1, 0.15) is 30.9 Å². The summed E-state index contributed by atoms with van der Waals surface area (Å²) in [7, 11) is 0. The molecule has 0 saturated carbocycles. The van der Waals surface area contributed by atoms with Crippen LogP contribution in [-0.2, 0) is 9.53 Å². The van der Waals surface area contributed by atoms with Crippen LogP contribution >= 0.6 is 11.6 Å². The van der Waals surface area contributed by atoms with E-state index in [1.165, 1.54) is 0 Å². The lowest BCUT2D eigenvalue weighted by molar-refractivity contribution is -0.146. The van der Waals surface area contributed by atoms with E-state index in [2.05, 4.69) is 15.2 Å². The van der Waals surface area contributed by atoms with Crippen molar-refractivity contribution in [3.63, 3.8) is 0 Å². The van der Waals surface area contributed by atoms with Gasteiger partial charge in [0, 0.05) is 22.2 Å². The smallest absolute Gasteiger partial charge is 0.315 e. The number of rotatable bonds is 3. The summed E-state index contributed by atoms with van der Waals surface area (Å²) >= 11 is 6.36. The van der Waals surface area contributed by atoms with Crippen LogP contribution in [0.3, 0.4) is 0 Å². The van der Waals surface area contributed by atoms with Crippen LogP contribution in [0.25, 0.3) is 0 Å². The van der Waals surface area contributed by atoms with Crippen LogP contribution in [0.4, 0.5) is 5.82 Å². The van der Waals surface area contributed by atoms with Crippen molar-refractivity contribution >= 4 is 29.1 Å². The molecule has 0 amide bonds. The van der Waals surface area contributed by atoms with Crippen LogP contribution in [0.2, 0.25) is 5.02 Å². The SMILES string of the molecule is CCOC(=O)C1C(C)=Nc2[nH]ncc2C1c1ccccc1Cl. The lowest BCUT2D eigenvalue weighted by Crippen LogP contribution is -2.33. The van der Waals surface area contributed by atoms with Gasteiger partial charge in [0.15, 0.2) is 5.82 Å². The number of aromatic amines is 1.